The molecule has 1 heterocycles. The highest BCUT2D eigenvalue weighted by Crippen LogP contribution is 2.19. The van der Waals surface area contributed by atoms with Crippen molar-refractivity contribution >= 4 is 11.8 Å². The Morgan fingerprint density at radius 1 is 1.14 bits per heavy atom. The van der Waals surface area contributed by atoms with Gasteiger partial charge in [-0.1, -0.05) is 31.5 Å². The van der Waals surface area contributed by atoms with Gasteiger partial charge in [0.2, 0.25) is 0 Å². The minimum absolute atomic E-state index is 0.238. The van der Waals surface area contributed by atoms with Gasteiger partial charge in [0.15, 0.2) is 5.78 Å². The van der Waals surface area contributed by atoms with Crippen LogP contribution in [0.2, 0.25) is 0 Å². The van der Waals surface area contributed by atoms with Crippen molar-refractivity contribution < 1.29 is 14.3 Å². The first-order valence-electron chi connectivity index (χ1n) is 7.25. The molecule has 0 radical (unpaired) electrons. The van der Waals surface area contributed by atoms with Gasteiger partial charge in [-0.2, -0.15) is 0 Å². The van der Waals surface area contributed by atoms with Gasteiger partial charge in [-0.25, -0.2) is 9.97 Å². The van der Waals surface area contributed by atoms with E-state index in [-0.39, 0.29) is 12.2 Å². The predicted octanol–water partition coefficient (Wildman–Crippen LogP) is 3.06. The van der Waals surface area contributed by atoms with Gasteiger partial charge < -0.3 is 4.74 Å². The predicted molar refractivity (Wildman–Crippen MR) is 82.3 cm³/mol. The molecule has 0 bridgehead atoms. The van der Waals surface area contributed by atoms with Crippen LogP contribution in [-0.4, -0.2) is 28.3 Å². The van der Waals surface area contributed by atoms with Crippen molar-refractivity contribution in [3.63, 3.8) is 0 Å². The van der Waals surface area contributed by atoms with Crippen LogP contribution in [0.15, 0.2) is 43.0 Å². The number of hydrogen-bond donors (Lipinski definition) is 0. The van der Waals surface area contributed by atoms with Crippen LogP contribution in [-0.2, 0) is 9.53 Å². The van der Waals surface area contributed by atoms with E-state index in [1.54, 1.807) is 30.6 Å². The summed E-state index contributed by atoms with van der Waals surface area (Å²) in [6.45, 7) is 2.38. The second-order valence-electron chi connectivity index (χ2n) is 4.88. The first-order chi connectivity index (χ1) is 10.7. The molecule has 0 saturated heterocycles. The van der Waals surface area contributed by atoms with E-state index in [9.17, 15) is 9.59 Å². The summed E-state index contributed by atoms with van der Waals surface area (Å²) in [5.74, 6) is -0.730. The molecule has 0 aliphatic heterocycles. The zero-order valence-corrected chi connectivity index (χ0v) is 12.5. The summed E-state index contributed by atoms with van der Waals surface area (Å²) in [6.07, 6.45) is 6.32. The zero-order chi connectivity index (χ0) is 15.8. The van der Waals surface area contributed by atoms with Crippen molar-refractivity contribution in [1.82, 2.24) is 9.97 Å². The van der Waals surface area contributed by atoms with Gasteiger partial charge in [-0.15, -0.1) is 0 Å². The van der Waals surface area contributed by atoms with Gasteiger partial charge in [0.05, 0.1) is 6.61 Å². The second kappa shape index (κ2) is 8.02. The fourth-order valence-corrected chi connectivity index (χ4v) is 1.93. The molecular weight excluding hydrogens is 280 g/mol. The van der Waals surface area contributed by atoms with Crippen molar-refractivity contribution in [3.8, 4) is 11.1 Å². The SMILES string of the molecule is CCCCOC(=O)CC(=O)c1cccc(-c2cncnc2)c1. The van der Waals surface area contributed by atoms with Crippen LogP contribution in [0.4, 0.5) is 0 Å². The molecule has 5 heteroatoms. The van der Waals surface area contributed by atoms with E-state index in [0.29, 0.717) is 12.2 Å². The number of carbonyl (C=O) groups excluding carboxylic acids is 2. The first-order valence-corrected chi connectivity index (χ1v) is 7.25. The smallest absolute Gasteiger partial charge is 0.313 e. The molecule has 0 spiro atoms. The van der Waals surface area contributed by atoms with Crippen LogP contribution in [0.5, 0.6) is 0 Å². The number of benzene rings is 1. The van der Waals surface area contributed by atoms with E-state index in [2.05, 4.69) is 9.97 Å². The second-order valence-corrected chi connectivity index (χ2v) is 4.88. The summed E-state index contributed by atoms with van der Waals surface area (Å²) >= 11 is 0. The molecule has 1 aromatic carbocycles. The molecule has 0 aliphatic carbocycles. The number of esters is 1. The van der Waals surface area contributed by atoms with Crippen LogP contribution < -0.4 is 0 Å². The lowest BCUT2D eigenvalue weighted by molar-refractivity contribution is -0.142. The molecule has 0 unspecified atom stereocenters. The Morgan fingerprint density at radius 2 is 1.91 bits per heavy atom. The van der Waals surface area contributed by atoms with Crippen LogP contribution >= 0.6 is 0 Å². The van der Waals surface area contributed by atoms with Gasteiger partial charge in [-0.3, -0.25) is 9.59 Å². The molecule has 2 aromatic rings. The third-order valence-electron chi connectivity index (χ3n) is 3.14. The molecule has 0 fully saturated rings. The molecule has 0 aliphatic rings. The highest BCUT2D eigenvalue weighted by atomic mass is 16.5. The molecule has 2 rings (SSSR count). The standard InChI is InChI=1S/C17H18N2O3/c1-2-3-7-22-17(21)9-16(20)14-6-4-5-13(8-14)15-10-18-12-19-11-15/h4-6,8,10-12H,2-3,7,9H2,1H3. The third-order valence-corrected chi connectivity index (χ3v) is 3.14. The third kappa shape index (κ3) is 4.48. The highest BCUT2D eigenvalue weighted by Gasteiger charge is 2.13. The quantitative estimate of drug-likeness (QED) is 0.340. The Bertz CT molecular complexity index is 641. The maximum Gasteiger partial charge on any atom is 0.313 e. The van der Waals surface area contributed by atoms with Crippen molar-refractivity contribution in [2.45, 2.75) is 26.2 Å². The fraction of sp³-hybridized carbons (Fsp3) is 0.294. The largest absolute Gasteiger partial charge is 0.465 e. The molecule has 0 amide bonds. The first kappa shape index (κ1) is 15.8. The molecule has 0 N–H and O–H groups in total. The van der Waals surface area contributed by atoms with Crippen LogP contribution in [0, 0.1) is 0 Å². The number of nitrogens with zero attached hydrogens (tertiary/aromatic N) is 2. The van der Waals surface area contributed by atoms with Crippen LogP contribution in [0.25, 0.3) is 11.1 Å². The molecule has 1 aromatic heterocycles. The van der Waals surface area contributed by atoms with Crippen LogP contribution in [0.3, 0.4) is 0 Å². The Hall–Kier alpha value is -2.56. The molecule has 0 saturated carbocycles. The summed E-state index contributed by atoms with van der Waals surface area (Å²) in [7, 11) is 0. The number of unbranched alkanes of at least 4 members (excludes halogenated alkanes) is 1. The van der Waals surface area contributed by atoms with Crippen LogP contribution in [0.1, 0.15) is 36.5 Å². The normalized spacial score (nSPS) is 10.2. The topological polar surface area (TPSA) is 69.2 Å². The molecule has 22 heavy (non-hydrogen) atoms. The zero-order valence-electron chi connectivity index (χ0n) is 12.5. The minimum Gasteiger partial charge on any atom is -0.465 e. The molecule has 5 nitrogen and oxygen atoms in total. The van der Waals surface area contributed by atoms with E-state index in [4.69, 9.17) is 4.74 Å². The maximum absolute atomic E-state index is 12.1. The van der Waals surface area contributed by atoms with Gasteiger partial charge >= 0.3 is 5.97 Å². The number of Topliss-reactive ketones (excluding diaryl/α,β-unsaturated/α-hetero) is 1. The van der Waals surface area contributed by atoms with Crippen molar-refractivity contribution in [2.75, 3.05) is 6.61 Å². The number of carbonyl (C=O) groups is 2. The molecule has 114 valence electrons. The molecule has 0 atom stereocenters. The number of hydrogen-bond acceptors (Lipinski definition) is 5. The Morgan fingerprint density at radius 3 is 2.64 bits per heavy atom. The number of ether oxygens (including phenoxy) is 1. The Balaban J connectivity index is 2.03. The monoisotopic (exact) mass is 298 g/mol. The van der Waals surface area contributed by atoms with Gasteiger partial charge in [0.25, 0.3) is 0 Å². The lowest BCUT2D eigenvalue weighted by Crippen LogP contribution is -2.12. The lowest BCUT2D eigenvalue weighted by atomic mass is 10.0. The maximum atomic E-state index is 12.1. The Labute approximate surface area is 129 Å². The number of rotatable bonds is 7. The van der Waals surface area contributed by atoms with Gasteiger partial charge in [-0.05, 0) is 18.1 Å². The number of aromatic nitrogens is 2. The Kier molecular flexibility index (Phi) is 5.77. The van der Waals surface area contributed by atoms with Gasteiger partial charge in [0.1, 0.15) is 12.7 Å². The van der Waals surface area contributed by atoms with E-state index in [0.717, 1.165) is 24.0 Å². The summed E-state index contributed by atoms with van der Waals surface area (Å²) in [5.41, 5.74) is 2.14. The van der Waals surface area contributed by atoms with Crippen molar-refractivity contribution in [1.29, 1.82) is 0 Å². The summed E-state index contributed by atoms with van der Waals surface area (Å²) in [6, 6.07) is 7.07. The lowest BCUT2D eigenvalue weighted by Gasteiger charge is -2.05. The highest BCUT2D eigenvalue weighted by molar-refractivity contribution is 6.06. The minimum atomic E-state index is -0.480. The van der Waals surface area contributed by atoms with E-state index in [1.165, 1.54) is 6.33 Å². The average Bonchev–Trinajstić information content (AvgIpc) is 2.56. The van der Waals surface area contributed by atoms with Crippen molar-refractivity contribution in [3.05, 3.63) is 48.5 Å². The summed E-state index contributed by atoms with van der Waals surface area (Å²) in [4.78, 5) is 31.6. The fourth-order valence-electron chi connectivity index (χ4n) is 1.93. The summed E-state index contributed by atoms with van der Waals surface area (Å²) < 4.78 is 5.01. The van der Waals surface area contributed by atoms with Gasteiger partial charge in [0, 0.05) is 23.5 Å². The van der Waals surface area contributed by atoms with E-state index >= 15 is 0 Å². The number of ketones is 1. The van der Waals surface area contributed by atoms with E-state index in [1.807, 2.05) is 13.0 Å². The van der Waals surface area contributed by atoms with E-state index < -0.39 is 5.97 Å². The molecular formula is C17H18N2O3. The average molecular weight is 298 g/mol. The van der Waals surface area contributed by atoms with Crippen molar-refractivity contribution in [2.24, 2.45) is 0 Å². The summed E-state index contributed by atoms with van der Waals surface area (Å²) in [5, 5.41) is 0.